The Labute approximate surface area is 126 Å². The van der Waals surface area contributed by atoms with E-state index < -0.39 is 0 Å². The molecule has 1 heterocycles. The van der Waals surface area contributed by atoms with Crippen molar-refractivity contribution in [1.29, 1.82) is 0 Å². The molecule has 1 fully saturated rings. The van der Waals surface area contributed by atoms with Crippen LogP contribution in [0.4, 0.5) is 0 Å². The van der Waals surface area contributed by atoms with Gasteiger partial charge < -0.3 is 4.90 Å². The summed E-state index contributed by atoms with van der Waals surface area (Å²) in [6, 6.07) is 7.15. The predicted octanol–water partition coefficient (Wildman–Crippen LogP) is 3.29. The van der Waals surface area contributed by atoms with Crippen molar-refractivity contribution in [2.24, 2.45) is 0 Å². The normalized spacial score (nSPS) is 17.9. The third-order valence-corrected chi connectivity index (χ3v) is 4.07. The molecule has 20 heavy (non-hydrogen) atoms. The molecule has 4 heteroatoms. The highest BCUT2D eigenvalue weighted by atomic mass is 35.5. The summed E-state index contributed by atoms with van der Waals surface area (Å²) in [5, 5.41) is 0.663. The maximum Gasteiger partial charge on any atom is 0.253 e. The number of nitrogens with zero attached hydrogens (tertiary/aromatic N) is 2. The van der Waals surface area contributed by atoms with Crippen molar-refractivity contribution in [1.82, 2.24) is 9.80 Å². The molecule has 0 N–H and O–H groups in total. The first kappa shape index (κ1) is 15.3. The van der Waals surface area contributed by atoms with Crippen LogP contribution < -0.4 is 0 Å². The molecule has 0 saturated carbocycles. The van der Waals surface area contributed by atoms with Gasteiger partial charge in [0, 0.05) is 42.3 Å². The first-order valence-corrected chi connectivity index (χ1v) is 7.55. The molecule has 0 unspecified atom stereocenters. The highest BCUT2D eigenvalue weighted by Crippen LogP contribution is 2.18. The average molecular weight is 295 g/mol. The van der Waals surface area contributed by atoms with E-state index in [2.05, 4.69) is 25.7 Å². The van der Waals surface area contributed by atoms with Gasteiger partial charge in [0.05, 0.1) is 0 Å². The number of carbonyl (C=O) groups excluding carboxylic acids is 1. The molecule has 1 amide bonds. The van der Waals surface area contributed by atoms with Gasteiger partial charge in [-0.15, -0.1) is 0 Å². The molecule has 0 radical (unpaired) electrons. The van der Waals surface area contributed by atoms with E-state index in [1.54, 1.807) is 24.3 Å². The number of rotatable bonds is 1. The molecule has 0 aromatic heterocycles. The lowest BCUT2D eigenvalue weighted by molar-refractivity contribution is 0.0749. The van der Waals surface area contributed by atoms with E-state index in [1.807, 2.05) is 4.90 Å². The molecular formula is C16H23ClN2O. The summed E-state index contributed by atoms with van der Waals surface area (Å²) in [7, 11) is 0. The Morgan fingerprint density at radius 2 is 1.70 bits per heavy atom. The third kappa shape index (κ3) is 3.74. The zero-order valence-corrected chi connectivity index (χ0v) is 13.3. The van der Waals surface area contributed by atoms with Gasteiger partial charge >= 0.3 is 0 Å². The minimum atomic E-state index is 0.109. The van der Waals surface area contributed by atoms with E-state index >= 15 is 0 Å². The van der Waals surface area contributed by atoms with Crippen LogP contribution in [0.2, 0.25) is 5.02 Å². The van der Waals surface area contributed by atoms with Gasteiger partial charge in [0.25, 0.3) is 5.91 Å². The fraction of sp³-hybridized carbons (Fsp3) is 0.562. The van der Waals surface area contributed by atoms with Gasteiger partial charge in [-0.1, -0.05) is 11.6 Å². The summed E-state index contributed by atoms with van der Waals surface area (Å²) in [4.78, 5) is 16.9. The zero-order valence-electron chi connectivity index (χ0n) is 12.5. The molecule has 2 rings (SSSR count). The van der Waals surface area contributed by atoms with Crippen molar-refractivity contribution in [3.05, 3.63) is 34.9 Å². The monoisotopic (exact) mass is 294 g/mol. The van der Waals surface area contributed by atoms with Crippen LogP contribution in [0.1, 0.15) is 37.6 Å². The van der Waals surface area contributed by atoms with Gasteiger partial charge in [-0.3, -0.25) is 9.69 Å². The summed E-state index contributed by atoms with van der Waals surface area (Å²) in [6.45, 7) is 10.3. The fourth-order valence-corrected chi connectivity index (χ4v) is 2.69. The number of hydrogen-bond donors (Lipinski definition) is 0. The Morgan fingerprint density at radius 1 is 1.05 bits per heavy atom. The number of amides is 1. The lowest BCUT2D eigenvalue weighted by Gasteiger charge is -2.34. The SMILES string of the molecule is CC(C)(C)N1CCCN(C(=O)c2ccc(Cl)cc2)CC1. The standard InChI is InChI=1S/C16H23ClN2O/c1-16(2,3)19-10-4-9-18(11-12-19)15(20)13-5-7-14(17)8-6-13/h5-8H,4,9-12H2,1-3H3. The fourth-order valence-electron chi connectivity index (χ4n) is 2.57. The second kappa shape index (κ2) is 6.15. The molecule has 1 aliphatic rings. The van der Waals surface area contributed by atoms with Crippen LogP contribution in [0.3, 0.4) is 0 Å². The lowest BCUT2D eigenvalue weighted by atomic mass is 10.1. The van der Waals surface area contributed by atoms with Crippen LogP contribution >= 0.6 is 11.6 Å². The molecule has 1 aromatic rings. The summed E-state index contributed by atoms with van der Waals surface area (Å²) < 4.78 is 0. The van der Waals surface area contributed by atoms with Crippen LogP contribution in [-0.2, 0) is 0 Å². The van der Waals surface area contributed by atoms with E-state index in [0.29, 0.717) is 5.02 Å². The van der Waals surface area contributed by atoms with Crippen LogP contribution in [0.25, 0.3) is 0 Å². The smallest absolute Gasteiger partial charge is 0.253 e. The number of benzene rings is 1. The van der Waals surface area contributed by atoms with Crippen molar-refractivity contribution in [3.63, 3.8) is 0 Å². The average Bonchev–Trinajstić information content (AvgIpc) is 2.64. The Balaban J connectivity index is 2.03. The van der Waals surface area contributed by atoms with Crippen molar-refractivity contribution >= 4 is 17.5 Å². The molecule has 0 aliphatic carbocycles. The Kier molecular flexibility index (Phi) is 4.71. The summed E-state index contributed by atoms with van der Waals surface area (Å²) in [6.07, 6.45) is 1.02. The van der Waals surface area contributed by atoms with Crippen molar-refractivity contribution < 1.29 is 4.79 Å². The van der Waals surface area contributed by atoms with E-state index in [-0.39, 0.29) is 11.4 Å². The number of hydrogen-bond acceptors (Lipinski definition) is 2. The molecule has 1 aliphatic heterocycles. The van der Waals surface area contributed by atoms with Gasteiger partial charge in [-0.05, 0) is 51.5 Å². The van der Waals surface area contributed by atoms with E-state index in [9.17, 15) is 4.79 Å². The van der Waals surface area contributed by atoms with Crippen molar-refractivity contribution in [2.75, 3.05) is 26.2 Å². The van der Waals surface area contributed by atoms with Crippen LogP contribution in [0, 0.1) is 0 Å². The molecule has 1 aromatic carbocycles. The minimum absolute atomic E-state index is 0.109. The summed E-state index contributed by atoms with van der Waals surface area (Å²) in [5.74, 6) is 0.109. The molecular weight excluding hydrogens is 272 g/mol. The maximum atomic E-state index is 12.5. The molecule has 3 nitrogen and oxygen atoms in total. The van der Waals surface area contributed by atoms with Crippen LogP contribution in [-0.4, -0.2) is 47.4 Å². The first-order valence-electron chi connectivity index (χ1n) is 7.18. The summed E-state index contributed by atoms with van der Waals surface area (Å²) in [5.41, 5.74) is 0.887. The largest absolute Gasteiger partial charge is 0.337 e. The summed E-state index contributed by atoms with van der Waals surface area (Å²) >= 11 is 5.87. The van der Waals surface area contributed by atoms with Crippen LogP contribution in [0.5, 0.6) is 0 Å². The molecule has 0 spiro atoms. The lowest BCUT2D eigenvalue weighted by Crippen LogP contribution is -2.44. The Hall–Kier alpha value is -1.06. The molecule has 1 saturated heterocycles. The molecule has 0 bridgehead atoms. The number of halogens is 1. The topological polar surface area (TPSA) is 23.6 Å². The molecule has 0 atom stereocenters. The number of carbonyl (C=O) groups is 1. The van der Waals surface area contributed by atoms with E-state index in [1.165, 1.54) is 0 Å². The van der Waals surface area contributed by atoms with Crippen molar-refractivity contribution in [2.45, 2.75) is 32.7 Å². The Morgan fingerprint density at radius 3 is 2.30 bits per heavy atom. The van der Waals surface area contributed by atoms with Crippen molar-refractivity contribution in [3.8, 4) is 0 Å². The van der Waals surface area contributed by atoms with E-state index in [0.717, 1.165) is 38.2 Å². The van der Waals surface area contributed by atoms with E-state index in [4.69, 9.17) is 11.6 Å². The Bertz CT molecular complexity index is 464. The second-order valence-electron chi connectivity index (χ2n) is 6.31. The highest BCUT2D eigenvalue weighted by molar-refractivity contribution is 6.30. The van der Waals surface area contributed by atoms with Gasteiger partial charge in [0.1, 0.15) is 0 Å². The van der Waals surface area contributed by atoms with Gasteiger partial charge in [0.15, 0.2) is 0 Å². The maximum absolute atomic E-state index is 12.5. The zero-order chi connectivity index (χ0) is 14.8. The van der Waals surface area contributed by atoms with Gasteiger partial charge in [-0.25, -0.2) is 0 Å². The van der Waals surface area contributed by atoms with Crippen LogP contribution in [0.15, 0.2) is 24.3 Å². The highest BCUT2D eigenvalue weighted by Gasteiger charge is 2.26. The quantitative estimate of drug-likeness (QED) is 0.793. The predicted molar refractivity (Wildman–Crippen MR) is 83.3 cm³/mol. The third-order valence-electron chi connectivity index (χ3n) is 3.82. The van der Waals surface area contributed by atoms with Gasteiger partial charge in [-0.2, -0.15) is 0 Å². The van der Waals surface area contributed by atoms with Gasteiger partial charge in [0.2, 0.25) is 0 Å². The second-order valence-corrected chi connectivity index (χ2v) is 6.75. The molecule has 110 valence electrons. The minimum Gasteiger partial charge on any atom is -0.337 e. The first-order chi connectivity index (χ1) is 9.38.